The zero-order chi connectivity index (χ0) is 19.6. The summed E-state index contributed by atoms with van der Waals surface area (Å²) in [6.45, 7) is 10.9. The zero-order valence-corrected chi connectivity index (χ0v) is 16.2. The summed E-state index contributed by atoms with van der Waals surface area (Å²) in [7, 11) is 0. The Bertz CT molecular complexity index is 754. The van der Waals surface area contributed by atoms with Crippen LogP contribution in [0.25, 0.3) is 0 Å². The summed E-state index contributed by atoms with van der Waals surface area (Å²) in [6.07, 6.45) is 0.153. The van der Waals surface area contributed by atoms with Gasteiger partial charge in [0.05, 0.1) is 18.3 Å². The highest BCUT2D eigenvalue weighted by atomic mass is 16.5. The standard InChI is InChI=1S/C22H28N2O3/c1-16(2)15-26-21-8-6-5-7-20(21)24-22(25)14-23-13-18-9-11-19(12-10-18)27-17(3)4/h5-12,17,23H,1,13-15H2,2-4H3,(H,24,25). The molecule has 2 aromatic carbocycles. The van der Waals surface area contributed by atoms with E-state index in [1.165, 1.54) is 0 Å². The van der Waals surface area contributed by atoms with Gasteiger partial charge in [0, 0.05) is 6.54 Å². The number of benzene rings is 2. The second kappa shape index (κ2) is 10.4. The van der Waals surface area contributed by atoms with E-state index < -0.39 is 0 Å². The first-order chi connectivity index (χ1) is 12.9. The van der Waals surface area contributed by atoms with Gasteiger partial charge in [0.15, 0.2) is 0 Å². The lowest BCUT2D eigenvalue weighted by atomic mass is 10.2. The summed E-state index contributed by atoms with van der Waals surface area (Å²) in [6, 6.07) is 15.2. The summed E-state index contributed by atoms with van der Waals surface area (Å²) < 4.78 is 11.3. The first-order valence-corrected chi connectivity index (χ1v) is 9.06. The number of anilines is 1. The number of ether oxygens (including phenoxy) is 2. The van der Waals surface area contributed by atoms with Crippen molar-refractivity contribution in [2.45, 2.75) is 33.4 Å². The summed E-state index contributed by atoms with van der Waals surface area (Å²) in [4.78, 5) is 12.2. The quantitative estimate of drug-likeness (QED) is 0.618. The van der Waals surface area contributed by atoms with Crippen LogP contribution < -0.4 is 20.1 Å². The Balaban J connectivity index is 1.80. The van der Waals surface area contributed by atoms with Crippen LogP contribution in [-0.2, 0) is 11.3 Å². The van der Waals surface area contributed by atoms with Crippen LogP contribution >= 0.6 is 0 Å². The predicted octanol–water partition coefficient (Wildman–Crippen LogP) is 4.16. The largest absolute Gasteiger partial charge is 0.491 e. The van der Waals surface area contributed by atoms with E-state index in [0.29, 0.717) is 24.6 Å². The van der Waals surface area contributed by atoms with Gasteiger partial charge in [0.1, 0.15) is 18.1 Å². The number of carbonyl (C=O) groups excluding carboxylic acids is 1. The third-order valence-corrected chi connectivity index (χ3v) is 3.55. The van der Waals surface area contributed by atoms with E-state index in [2.05, 4.69) is 17.2 Å². The Morgan fingerprint density at radius 2 is 1.81 bits per heavy atom. The number of carbonyl (C=O) groups is 1. The third-order valence-electron chi connectivity index (χ3n) is 3.55. The van der Waals surface area contributed by atoms with Crippen LogP contribution in [0.4, 0.5) is 5.69 Å². The normalized spacial score (nSPS) is 10.5. The van der Waals surface area contributed by atoms with Gasteiger partial charge in [-0.25, -0.2) is 0 Å². The van der Waals surface area contributed by atoms with E-state index in [0.717, 1.165) is 16.9 Å². The van der Waals surface area contributed by atoms with Gasteiger partial charge >= 0.3 is 0 Å². The van der Waals surface area contributed by atoms with Crippen LogP contribution in [0.2, 0.25) is 0 Å². The number of amides is 1. The average molecular weight is 368 g/mol. The van der Waals surface area contributed by atoms with E-state index in [9.17, 15) is 4.79 Å². The molecule has 0 spiro atoms. The molecule has 0 heterocycles. The fourth-order valence-corrected chi connectivity index (χ4v) is 2.37. The zero-order valence-electron chi connectivity index (χ0n) is 16.2. The molecule has 0 aliphatic carbocycles. The molecular formula is C22H28N2O3. The van der Waals surface area contributed by atoms with E-state index in [1.54, 1.807) is 0 Å². The van der Waals surface area contributed by atoms with Crippen molar-refractivity contribution in [3.63, 3.8) is 0 Å². The molecule has 0 bridgehead atoms. The van der Waals surface area contributed by atoms with Gasteiger partial charge in [-0.15, -0.1) is 0 Å². The maximum Gasteiger partial charge on any atom is 0.238 e. The highest BCUT2D eigenvalue weighted by molar-refractivity contribution is 5.93. The number of rotatable bonds is 10. The summed E-state index contributed by atoms with van der Waals surface area (Å²) in [5.74, 6) is 1.36. The Morgan fingerprint density at radius 1 is 1.11 bits per heavy atom. The summed E-state index contributed by atoms with van der Waals surface area (Å²) in [5.41, 5.74) is 2.66. The monoisotopic (exact) mass is 368 g/mol. The van der Waals surface area contributed by atoms with Crippen molar-refractivity contribution in [3.05, 3.63) is 66.2 Å². The van der Waals surface area contributed by atoms with Gasteiger partial charge in [-0.2, -0.15) is 0 Å². The van der Waals surface area contributed by atoms with Gasteiger partial charge in [0.2, 0.25) is 5.91 Å². The van der Waals surface area contributed by atoms with Crippen molar-refractivity contribution in [1.82, 2.24) is 5.32 Å². The molecule has 0 aliphatic rings. The number of para-hydroxylation sites is 2. The molecule has 5 nitrogen and oxygen atoms in total. The van der Waals surface area contributed by atoms with Crippen molar-refractivity contribution in [3.8, 4) is 11.5 Å². The minimum absolute atomic E-state index is 0.124. The van der Waals surface area contributed by atoms with Crippen LogP contribution in [0.5, 0.6) is 11.5 Å². The second-order valence-corrected chi connectivity index (χ2v) is 6.70. The maximum atomic E-state index is 12.2. The minimum Gasteiger partial charge on any atom is -0.491 e. The van der Waals surface area contributed by atoms with Crippen LogP contribution in [0.15, 0.2) is 60.7 Å². The molecule has 1 amide bonds. The fraction of sp³-hybridized carbons (Fsp3) is 0.318. The molecule has 2 rings (SSSR count). The minimum atomic E-state index is -0.124. The number of nitrogens with one attached hydrogen (secondary N) is 2. The summed E-state index contributed by atoms with van der Waals surface area (Å²) in [5, 5.41) is 6.02. The van der Waals surface area contributed by atoms with Gasteiger partial charge in [-0.05, 0) is 56.2 Å². The van der Waals surface area contributed by atoms with Crippen molar-refractivity contribution < 1.29 is 14.3 Å². The Hall–Kier alpha value is -2.79. The van der Waals surface area contributed by atoms with Crippen molar-refractivity contribution in [2.24, 2.45) is 0 Å². The van der Waals surface area contributed by atoms with Crippen molar-refractivity contribution in [2.75, 3.05) is 18.5 Å². The molecule has 0 radical (unpaired) electrons. The molecule has 0 saturated heterocycles. The number of hydrogen-bond donors (Lipinski definition) is 2. The van der Waals surface area contributed by atoms with Gasteiger partial charge in [-0.1, -0.05) is 30.8 Å². The van der Waals surface area contributed by atoms with Crippen LogP contribution in [0, 0.1) is 0 Å². The van der Waals surface area contributed by atoms with Crippen LogP contribution in [0.1, 0.15) is 26.3 Å². The maximum absolute atomic E-state index is 12.2. The van der Waals surface area contributed by atoms with E-state index in [4.69, 9.17) is 9.47 Å². The highest BCUT2D eigenvalue weighted by Gasteiger charge is 2.07. The lowest BCUT2D eigenvalue weighted by Crippen LogP contribution is -2.27. The van der Waals surface area contributed by atoms with E-state index >= 15 is 0 Å². The van der Waals surface area contributed by atoms with Gasteiger partial charge in [0.25, 0.3) is 0 Å². The van der Waals surface area contributed by atoms with E-state index in [1.807, 2.05) is 69.3 Å². The molecule has 144 valence electrons. The SMILES string of the molecule is C=C(C)COc1ccccc1NC(=O)CNCc1ccc(OC(C)C)cc1. The van der Waals surface area contributed by atoms with E-state index in [-0.39, 0.29) is 18.6 Å². The second-order valence-electron chi connectivity index (χ2n) is 6.70. The summed E-state index contributed by atoms with van der Waals surface area (Å²) >= 11 is 0. The first-order valence-electron chi connectivity index (χ1n) is 9.06. The topological polar surface area (TPSA) is 59.6 Å². The lowest BCUT2D eigenvalue weighted by Gasteiger charge is -2.13. The number of hydrogen-bond acceptors (Lipinski definition) is 4. The molecule has 0 aromatic heterocycles. The highest BCUT2D eigenvalue weighted by Crippen LogP contribution is 2.24. The molecule has 0 fully saturated rings. The molecule has 0 saturated carbocycles. The molecule has 27 heavy (non-hydrogen) atoms. The van der Waals surface area contributed by atoms with Gasteiger partial charge in [-0.3, -0.25) is 4.79 Å². The lowest BCUT2D eigenvalue weighted by molar-refractivity contribution is -0.115. The molecule has 0 unspecified atom stereocenters. The van der Waals surface area contributed by atoms with Crippen molar-refractivity contribution >= 4 is 11.6 Å². The first kappa shape index (κ1) is 20.5. The van der Waals surface area contributed by atoms with Crippen LogP contribution in [0.3, 0.4) is 0 Å². The fourth-order valence-electron chi connectivity index (χ4n) is 2.37. The Kier molecular flexibility index (Phi) is 7.89. The van der Waals surface area contributed by atoms with Crippen LogP contribution in [-0.4, -0.2) is 25.2 Å². The molecule has 2 aromatic rings. The predicted molar refractivity (Wildman–Crippen MR) is 109 cm³/mol. The smallest absolute Gasteiger partial charge is 0.238 e. The average Bonchev–Trinajstić information content (AvgIpc) is 2.62. The third kappa shape index (κ3) is 7.54. The molecule has 2 N–H and O–H groups in total. The molecule has 0 aliphatic heterocycles. The Labute approximate surface area is 161 Å². The van der Waals surface area contributed by atoms with Crippen molar-refractivity contribution in [1.29, 1.82) is 0 Å². The molecule has 0 atom stereocenters. The molecular weight excluding hydrogens is 340 g/mol. The molecule has 5 heteroatoms. The Morgan fingerprint density at radius 3 is 2.48 bits per heavy atom. The van der Waals surface area contributed by atoms with Gasteiger partial charge < -0.3 is 20.1 Å².